The fraction of sp³-hybridized carbons (Fsp3) is 0.333. The Morgan fingerprint density at radius 1 is 1.26 bits per heavy atom. The molecule has 0 saturated carbocycles. The van der Waals surface area contributed by atoms with Crippen LogP contribution in [0.1, 0.15) is 17.8 Å². The number of halogens is 3. The van der Waals surface area contributed by atoms with E-state index in [1.54, 1.807) is 6.07 Å². The number of hydrogen-bond acceptors (Lipinski definition) is 3. The molecule has 7 heteroatoms. The number of aryl methyl sites for hydroxylation is 1. The molecule has 3 N–H and O–H groups in total. The maximum Gasteiger partial charge on any atom is 0.416 e. The minimum absolute atomic E-state index is 0.262. The molecule has 0 unspecified atom stereocenters. The van der Waals surface area contributed by atoms with Gasteiger partial charge in [0, 0.05) is 12.0 Å². The van der Waals surface area contributed by atoms with Crippen LogP contribution in [0, 0.1) is 0 Å². The molecule has 102 valence electrons. The van der Waals surface area contributed by atoms with Gasteiger partial charge in [-0.05, 0) is 25.1 Å². The minimum Gasteiger partial charge on any atom is -0.330 e. The lowest BCUT2D eigenvalue weighted by Gasteiger charge is -2.06. The maximum absolute atomic E-state index is 12.6. The summed E-state index contributed by atoms with van der Waals surface area (Å²) in [6, 6.07) is 4.95. The lowest BCUT2D eigenvalue weighted by Crippen LogP contribution is -2.04. The average molecular weight is 270 g/mol. The van der Waals surface area contributed by atoms with Crippen molar-refractivity contribution in [2.24, 2.45) is 5.73 Å². The number of nitrogens with one attached hydrogen (secondary N) is 1. The molecule has 0 aliphatic rings. The summed E-state index contributed by atoms with van der Waals surface area (Å²) in [6.45, 7) is 0.527. The van der Waals surface area contributed by atoms with Crippen LogP contribution in [0.4, 0.5) is 13.2 Å². The number of aromatic nitrogens is 3. The second-order valence-electron chi connectivity index (χ2n) is 4.08. The van der Waals surface area contributed by atoms with Crippen molar-refractivity contribution in [2.75, 3.05) is 6.54 Å². The Kier molecular flexibility index (Phi) is 3.84. The Morgan fingerprint density at radius 3 is 2.74 bits per heavy atom. The number of alkyl halides is 3. The van der Waals surface area contributed by atoms with E-state index in [0.29, 0.717) is 24.4 Å². The van der Waals surface area contributed by atoms with E-state index >= 15 is 0 Å². The Bertz CT molecular complexity index is 548. The van der Waals surface area contributed by atoms with E-state index in [4.69, 9.17) is 5.73 Å². The van der Waals surface area contributed by atoms with Gasteiger partial charge in [-0.15, -0.1) is 0 Å². The third kappa shape index (κ3) is 3.31. The Hall–Kier alpha value is -1.89. The van der Waals surface area contributed by atoms with E-state index in [0.717, 1.165) is 18.6 Å². The van der Waals surface area contributed by atoms with Gasteiger partial charge < -0.3 is 5.73 Å². The standard InChI is InChI=1S/C12H13F3N4/c13-12(14,15)9-4-1-3-8(7-9)11-17-10(18-19-11)5-2-6-16/h1,3-4,7H,2,5-6,16H2,(H,17,18,19). The molecule has 2 rings (SSSR count). The van der Waals surface area contributed by atoms with E-state index in [1.165, 1.54) is 6.07 Å². The van der Waals surface area contributed by atoms with Gasteiger partial charge in [0.05, 0.1) is 5.56 Å². The van der Waals surface area contributed by atoms with Crippen molar-refractivity contribution >= 4 is 0 Å². The lowest BCUT2D eigenvalue weighted by atomic mass is 10.1. The van der Waals surface area contributed by atoms with Crippen LogP contribution in [-0.4, -0.2) is 21.7 Å². The molecule has 0 saturated heterocycles. The van der Waals surface area contributed by atoms with Gasteiger partial charge in [-0.25, -0.2) is 4.98 Å². The zero-order valence-corrected chi connectivity index (χ0v) is 10.0. The van der Waals surface area contributed by atoms with Crippen LogP contribution in [0.5, 0.6) is 0 Å². The number of nitrogens with zero attached hydrogens (tertiary/aromatic N) is 2. The Labute approximate surface area is 107 Å². The number of nitrogens with two attached hydrogens (primary N) is 1. The van der Waals surface area contributed by atoms with Crippen LogP contribution in [-0.2, 0) is 12.6 Å². The first-order valence-electron chi connectivity index (χ1n) is 5.79. The molecule has 1 aromatic heterocycles. The third-order valence-electron chi connectivity index (χ3n) is 2.60. The van der Waals surface area contributed by atoms with Gasteiger partial charge in [0.2, 0.25) is 0 Å². The molecular weight excluding hydrogens is 257 g/mol. The highest BCUT2D eigenvalue weighted by Gasteiger charge is 2.30. The second-order valence-corrected chi connectivity index (χ2v) is 4.08. The molecule has 2 aromatic rings. The van der Waals surface area contributed by atoms with Crippen molar-refractivity contribution in [3.8, 4) is 11.4 Å². The van der Waals surface area contributed by atoms with Gasteiger partial charge in [0.25, 0.3) is 0 Å². The molecule has 4 nitrogen and oxygen atoms in total. The number of hydrogen-bond donors (Lipinski definition) is 2. The second kappa shape index (κ2) is 5.40. The topological polar surface area (TPSA) is 67.6 Å². The van der Waals surface area contributed by atoms with Gasteiger partial charge in [0.1, 0.15) is 5.82 Å². The number of benzene rings is 1. The normalized spacial score (nSPS) is 11.8. The summed E-state index contributed by atoms with van der Waals surface area (Å²) in [7, 11) is 0. The largest absolute Gasteiger partial charge is 0.416 e. The molecule has 0 fully saturated rings. The van der Waals surface area contributed by atoms with Crippen LogP contribution in [0.25, 0.3) is 11.4 Å². The average Bonchev–Trinajstić information content (AvgIpc) is 2.84. The first kappa shape index (κ1) is 13.5. The molecule has 0 spiro atoms. The Morgan fingerprint density at radius 2 is 2.05 bits per heavy atom. The quantitative estimate of drug-likeness (QED) is 0.896. The molecule has 0 aliphatic heterocycles. The summed E-state index contributed by atoms with van der Waals surface area (Å²) < 4.78 is 37.8. The van der Waals surface area contributed by atoms with E-state index in [2.05, 4.69) is 15.2 Å². The summed E-state index contributed by atoms with van der Waals surface area (Å²) in [4.78, 5) is 4.15. The zero-order chi connectivity index (χ0) is 13.9. The highest BCUT2D eigenvalue weighted by Crippen LogP contribution is 2.31. The van der Waals surface area contributed by atoms with Crippen LogP contribution < -0.4 is 5.73 Å². The molecule has 1 aromatic carbocycles. The van der Waals surface area contributed by atoms with Crippen molar-refractivity contribution in [1.29, 1.82) is 0 Å². The SMILES string of the molecule is NCCCc1nc(-c2cccc(C(F)(F)F)c2)n[nH]1. The highest BCUT2D eigenvalue weighted by molar-refractivity contribution is 5.56. The van der Waals surface area contributed by atoms with Gasteiger partial charge in [0.15, 0.2) is 5.82 Å². The summed E-state index contributed by atoms with van der Waals surface area (Å²) in [5.74, 6) is 0.885. The molecule has 0 atom stereocenters. The van der Waals surface area contributed by atoms with Gasteiger partial charge in [-0.2, -0.15) is 18.3 Å². The molecule has 19 heavy (non-hydrogen) atoms. The zero-order valence-electron chi connectivity index (χ0n) is 10.0. The van der Waals surface area contributed by atoms with E-state index < -0.39 is 11.7 Å². The van der Waals surface area contributed by atoms with Crippen molar-refractivity contribution in [1.82, 2.24) is 15.2 Å². The third-order valence-corrected chi connectivity index (χ3v) is 2.60. The van der Waals surface area contributed by atoms with Crippen molar-refractivity contribution in [2.45, 2.75) is 19.0 Å². The van der Waals surface area contributed by atoms with Crippen LogP contribution in [0.15, 0.2) is 24.3 Å². The van der Waals surface area contributed by atoms with E-state index in [-0.39, 0.29) is 5.82 Å². The summed E-state index contributed by atoms with van der Waals surface area (Å²) in [6.07, 6.45) is -2.99. The monoisotopic (exact) mass is 270 g/mol. The smallest absolute Gasteiger partial charge is 0.330 e. The number of H-pyrrole nitrogens is 1. The van der Waals surface area contributed by atoms with Crippen molar-refractivity contribution in [3.63, 3.8) is 0 Å². The highest BCUT2D eigenvalue weighted by atomic mass is 19.4. The number of rotatable bonds is 4. The van der Waals surface area contributed by atoms with Crippen LogP contribution in [0.3, 0.4) is 0 Å². The summed E-state index contributed by atoms with van der Waals surface area (Å²) in [5, 5.41) is 6.62. The van der Waals surface area contributed by atoms with E-state index in [1.807, 2.05) is 0 Å². The molecular formula is C12H13F3N4. The van der Waals surface area contributed by atoms with Crippen molar-refractivity contribution < 1.29 is 13.2 Å². The predicted octanol–water partition coefficient (Wildman–Crippen LogP) is 2.38. The van der Waals surface area contributed by atoms with Crippen LogP contribution >= 0.6 is 0 Å². The summed E-state index contributed by atoms with van der Waals surface area (Å²) in [5.41, 5.74) is 5.00. The minimum atomic E-state index is -4.37. The molecule has 0 radical (unpaired) electrons. The summed E-state index contributed by atoms with van der Waals surface area (Å²) >= 11 is 0. The van der Waals surface area contributed by atoms with Gasteiger partial charge in [-0.3, -0.25) is 5.10 Å². The molecule has 0 bridgehead atoms. The molecule has 1 heterocycles. The van der Waals surface area contributed by atoms with Crippen LogP contribution in [0.2, 0.25) is 0 Å². The van der Waals surface area contributed by atoms with E-state index in [9.17, 15) is 13.2 Å². The fourth-order valence-corrected chi connectivity index (χ4v) is 1.64. The van der Waals surface area contributed by atoms with Gasteiger partial charge >= 0.3 is 6.18 Å². The first-order valence-corrected chi connectivity index (χ1v) is 5.79. The fourth-order valence-electron chi connectivity index (χ4n) is 1.64. The first-order chi connectivity index (χ1) is 9.00. The molecule has 0 amide bonds. The predicted molar refractivity (Wildman–Crippen MR) is 64.2 cm³/mol. The Balaban J connectivity index is 2.24. The van der Waals surface area contributed by atoms with Crippen molar-refractivity contribution in [3.05, 3.63) is 35.7 Å². The van der Waals surface area contributed by atoms with Gasteiger partial charge in [-0.1, -0.05) is 12.1 Å². The number of aromatic amines is 1. The molecule has 0 aliphatic carbocycles. The maximum atomic E-state index is 12.6. The lowest BCUT2D eigenvalue weighted by molar-refractivity contribution is -0.137.